The number of hydrogen-bond acceptors (Lipinski definition) is 4. The molecule has 2 aliphatic rings. The third-order valence-electron chi connectivity index (χ3n) is 6.82. The molecule has 1 amide bonds. The summed E-state index contributed by atoms with van der Waals surface area (Å²) in [4.78, 5) is 33.2. The molecule has 29 heavy (non-hydrogen) atoms. The van der Waals surface area contributed by atoms with Gasteiger partial charge in [0.25, 0.3) is 5.56 Å². The lowest BCUT2D eigenvalue weighted by molar-refractivity contribution is -0.129. The summed E-state index contributed by atoms with van der Waals surface area (Å²) in [5.74, 6) is 1.15. The molecule has 2 heterocycles. The fourth-order valence-electron chi connectivity index (χ4n) is 4.82. The monoisotopic (exact) mass is 413 g/mol. The van der Waals surface area contributed by atoms with Crippen molar-refractivity contribution in [2.45, 2.75) is 69.3 Å². The summed E-state index contributed by atoms with van der Waals surface area (Å²) in [6, 6.07) is 7.71. The number of amides is 1. The zero-order valence-electron chi connectivity index (χ0n) is 17.6. The van der Waals surface area contributed by atoms with Gasteiger partial charge in [0.1, 0.15) is 0 Å². The number of likely N-dealkylation sites (tertiary alicyclic amines) is 1. The van der Waals surface area contributed by atoms with E-state index in [1.165, 1.54) is 18.2 Å². The van der Waals surface area contributed by atoms with E-state index in [0.717, 1.165) is 38.8 Å². The standard InChI is InChI=1S/C23H31N3O2S/c1-15-9-8-12-20(16(15)2)26-22(28)18-10-4-5-11-19(18)24-23(26)29-17(3)21(27)25-13-6-7-14-25/h4-5,10-11,15-17,20H,6-9,12-14H2,1-3H3/t15-,16+,17-,20-/m0/s1. The topological polar surface area (TPSA) is 55.2 Å². The quantitative estimate of drug-likeness (QED) is 0.547. The molecule has 2 fully saturated rings. The summed E-state index contributed by atoms with van der Waals surface area (Å²) in [7, 11) is 0. The second kappa shape index (κ2) is 8.50. The van der Waals surface area contributed by atoms with Crippen LogP contribution < -0.4 is 5.56 Å². The minimum absolute atomic E-state index is 0.0323. The van der Waals surface area contributed by atoms with E-state index in [1.807, 2.05) is 40.7 Å². The van der Waals surface area contributed by atoms with E-state index in [4.69, 9.17) is 4.98 Å². The van der Waals surface area contributed by atoms with Gasteiger partial charge < -0.3 is 4.90 Å². The molecule has 0 unspecified atom stereocenters. The van der Waals surface area contributed by atoms with Gasteiger partial charge in [-0.2, -0.15) is 0 Å². The molecule has 156 valence electrons. The van der Waals surface area contributed by atoms with Crippen molar-refractivity contribution < 1.29 is 4.79 Å². The molecule has 1 aliphatic carbocycles. The largest absolute Gasteiger partial charge is 0.342 e. The van der Waals surface area contributed by atoms with Crippen LogP contribution in [0.4, 0.5) is 0 Å². The molecule has 5 nitrogen and oxygen atoms in total. The molecule has 1 aromatic carbocycles. The molecular weight excluding hydrogens is 382 g/mol. The first kappa shape index (κ1) is 20.5. The fraction of sp³-hybridized carbons (Fsp3) is 0.609. The molecular formula is C23H31N3O2S. The van der Waals surface area contributed by atoms with Crippen LogP contribution in [0.2, 0.25) is 0 Å². The Morgan fingerprint density at radius 1 is 1.14 bits per heavy atom. The van der Waals surface area contributed by atoms with E-state index in [-0.39, 0.29) is 22.8 Å². The maximum Gasteiger partial charge on any atom is 0.262 e. The smallest absolute Gasteiger partial charge is 0.262 e. The van der Waals surface area contributed by atoms with Crippen LogP contribution in [0.25, 0.3) is 10.9 Å². The maximum atomic E-state index is 13.5. The van der Waals surface area contributed by atoms with Gasteiger partial charge in [0.2, 0.25) is 5.91 Å². The number of carbonyl (C=O) groups is 1. The van der Waals surface area contributed by atoms with Crippen molar-refractivity contribution in [2.24, 2.45) is 11.8 Å². The third kappa shape index (κ3) is 3.96. The van der Waals surface area contributed by atoms with E-state index in [2.05, 4.69) is 13.8 Å². The molecule has 0 bridgehead atoms. The number of nitrogens with zero attached hydrogens (tertiary/aromatic N) is 3. The first-order chi connectivity index (χ1) is 14.0. The Balaban J connectivity index is 1.75. The average molecular weight is 414 g/mol. The summed E-state index contributed by atoms with van der Waals surface area (Å²) >= 11 is 1.45. The van der Waals surface area contributed by atoms with Crippen molar-refractivity contribution in [3.8, 4) is 0 Å². The van der Waals surface area contributed by atoms with Crippen LogP contribution in [0.5, 0.6) is 0 Å². The van der Waals surface area contributed by atoms with Crippen molar-refractivity contribution in [3.63, 3.8) is 0 Å². The predicted octanol–water partition coefficient (Wildman–Crippen LogP) is 4.50. The van der Waals surface area contributed by atoms with Gasteiger partial charge in [-0.3, -0.25) is 14.2 Å². The molecule has 0 spiro atoms. The fourth-order valence-corrected chi connectivity index (χ4v) is 5.87. The van der Waals surface area contributed by atoms with Gasteiger partial charge in [0, 0.05) is 19.1 Å². The van der Waals surface area contributed by atoms with Gasteiger partial charge in [-0.25, -0.2) is 4.98 Å². The molecule has 0 radical (unpaired) electrons. The normalized spacial score (nSPS) is 26.0. The molecule has 1 aromatic heterocycles. The number of para-hydroxylation sites is 1. The molecule has 0 N–H and O–H groups in total. The first-order valence-corrected chi connectivity index (χ1v) is 11.8. The summed E-state index contributed by atoms with van der Waals surface area (Å²) < 4.78 is 1.92. The Morgan fingerprint density at radius 3 is 2.62 bits per heavy atom. The third-order valence-corrected chi connectivity index (χ3v) is 7.87. The Hall–Kier alpha value is -1.82. The number of benzene rings is 1. The zero-order valence-corrected chi connectivity index (χ0v) is 18.5. The van der Waals surface area contributed by atoms with Gasteiger partial charge in [-0.1, -0.05) is 50.6 Å². The van der Waals surface area contributed by atoms with Crippen molar-refractivity contribution >= 4 is 28.6 Å². The number of fused-ring (bicyclic) bond motifs is 1. The van der Waals surface area contributed by atoms with Crippen LogP contribution in [0, 0.1) is 11.8 Å². The highest BCUT2D eigenvalue weighted by Gasteiger charge is 2.33. The average Bonchev–Trinajstić information content (AvgIpc) is 3.25. The number of aromatic nitrogens is 2. The highest BCUT2D eigenvalue weighted by molar-refractivity contribution is 8.00. The summed E-state index contributed by atoms with van der Waals surface area (Å²) in [5, 5.41) is 1.12. The molecule has 1 saturated heterocycles. The Labute approximate surface area is 176 Å². The lowest BCUT2D eigenvalue weighted by Gasteiger charge is -2.36. The Kier molecular flexibility index (Phi) is 6.00. The lowest BCUT2D eigenvalue weighted by atomic mass is 9.78. The number of rotatable bonds is 4. The van der Waals surface area contributed by atoms with Gasteiger partial charge in [0.05, 0.1) is 16.2 Å². The van der Waals surface area contributed by atoms with Crippen molar-refractivity contribution in [2.75, 3.05) is 13.1 Å². The highest BCUT2D eigenvalue weighted by atomic mass is 32.2. The van der Waals surface area contributed by atoms with E-state index in [1.54, 1.807) is 0 Å². The van der Waals surface area contributed by atoms with Crippen LogP contribution in [0.15, 0.2) is 34.2 Å². The molecule has 2 aromatic rings. The van der Waals surface area contributed by atoms with Gasteiger partial charge in [-0.15, -0.1) is 0 Å². The number of carbonyl (C=O) groups excluding carboxylic acids is 1. The Bertz CT molecular complexity index is 951. The van der Waals surface area contributed by atoms with Crippen LogP contribution in [-0.2, 0) is 4.79 Å². The minimum atomic E-state index is -0.247. The van der Waals surface area contributed by atoms with Crippen molar-refractivity contribution in [3.05, 3.63) is 34.6 Å². The summed E-state index contributed by atoms with van der Waals surface area (Å²) in [6.45, 7) is 8.17. The zero-order chi connectivity index (χ0) is 20.5. The highest BCUT2D eigenvalue weighted by Crippen LogP contribution is 2.39. The lowest BCUT2D eigenvalue weighted by Crippen LogP contribution is -2.37. The Morgan fingerprint density at radius 2 is 1.86 bits per heavy atom. The molecule has 4 atom stereocenters. The summed E-state index contributed by atoms with van der Waals surface area (Å²) in [6.07, 6.45) is 5.49. The van der Waals surface area contributed by atoms with Crippen molar-refractivity contribution in [1.82, 2.24) is 14.5 Å². The molecule has 6 heteroatoms. The van der Waals surface area contributed by atoms with Crippen LogP contribution in [-0.4, -0.2) is 38.7 Å². The summed E-state index contributed by atoms with van der Waals surface area (Å²) in [5.41, 5.74) is 0.749. The number of hydrogen-bond donors (Lipinski definition) is 0. The first-order valence-electron chi connectivity index (χ1n) is 10.9. The van der Waals surface area contributed by atoms with Gasteiger partial charge in [-0.05, 0) is 50.2 Å². The predicted molar refractivity (Wildman–Crippen MR) is 118 cm³/mol. The van der Waals surface area contributed by atoms with Gasteiger partial charge in [0.15, 0.2) is 5.16 Å². The van der Waals surface area contributed by atoms with Crippen molar-refractivity contribution in [1.29, 1.82) is 0 Å². The SMILES string of the molecule is C[C@@H]1[C@@H](C)CCC[C@@H]1n1c(S[C@@H](C)C(=O)N2CCCC2)nc2ccccc2c1=O. The van der Waals surface area contributed by atoms with E-state index >= 15 is 0 Å². The van der Waals surface area contributed by atoms with E-state index < -0.39 is 0 Å². The van der Waals surface area contributed by atoms with Crippen LogP contribution >= 0.6 is 11.8 Å². The molecule has 1 saturated carbocycles. The molecule has 1 aliphatic heterocycles. The second-order valence-corrected chi connectivity index (χ2v) is 10.0. The maximum absolute atomic E-state index is 13.5. The van der Waals surface area contributed by atoms with Gasteiger partial charge >= 0.3 is 0 Å². The van der Waals surface area contributed by atoms with E-state index in [0.29, 0.717) is 27.9 Å². The molecule has 4 rings (SSSR count). The van der Waals surface area contributed by atoms with Crippen LogP contribution in [0.3, 0.4) is 0 Å². The van der Waals surface area contributed by atoms with E-state index in [9.17, 15) is 9.59 Å². The minimum Gasteiger partial charge on any atom is -0.342 e. The second-order valence-electron chi connectivity index (χ2n) is 8.71. The van der Waals surface area contributed by atoms with Crippen LogP contribution in [0.1, 0.15) is 58.9 Å². The number of thioether (sulfide) groups is 1.